The standard InChI is InChI=1S/C18H30N2O2/c1-4-5-12-22-17-8-6-15(13-16(17)19)7-9-18(21)20-11-10-14(2)3/h6,8,13-14H,4-5,7,9-12,19H2,1-3H3,(H,20,21). The summed E-state index contributed by atoms with van der Waals surface area (Å²) in [6.45, 7) is 7.88. The fraction of sp³-hybridized carbons (Fsp3) is 0.611. The number of nitrogens with two attached hydrogens (primary N) is 1. The first kappa shape index (κ1) is 18.3. The Labute approximate surface area is 134 Å². The van der Waals surface area contributed by atoms with Crippen LogP contribution in [0, 0.1) is 5.92 Å². The summed E-state index contributed by atoms with van der Waals surface area (Å²) in [5.74, 6) is 1.45. The summed E-state index contributed by atoms with van der Waals surface area (Å²) in [6, 6.07) is 5.79. The fourth-order valence-electron chi connectivity index (χ4n) is 2.06. The lowest BCUT2D eigenvalue weighted by molar-refractivity contribution is -0.121. The number of anilines is 1. The number of benzene rings is 1. The highest BCUT2D eigenvalue weighted by Crippen LogP contribution is 2.23. The molecule has 1 amide bonds. The van der Waals surface area contributed by atoms with Gasteiger partial charge in [0.05, 0.1) is 12.3 Å². The van der Waals surface area contributed by atoms with Gasteiger partial charge in [0.15, 0.2) is 0 Å². The van der Waals surface area contributed by atoms with Crippen LogP contribution in [0.25, 0.3) is 0 Å². The topological polar surface area (TPSA) is 64.3 Å². The van der Waals surface area contributed by atoms with Crippen LogP contribution in [-0.2, 0) is 11.2 Å². The molecule has 0 fully saturated rings. The predicted octanol–water partition coefficient (Wildman–Crippen LogP) is 3.54. The van der Waals surface area contributed by atoms with E-state index in [2.05, 4.69) is 26.1 Å². The van der Waals surface area contributed by atoms with Gasteiger partial charge in [-0.2, -0.15) is 0 Å². The molecule has 0 aliphatic carbocycles. The first-order chi connectivity index (χ1) is 10.5. The number of amides is 1. The quantitative estimate of drug-likeness (QED) is 0.513. The predicted molar refractivity (Wildman–Crippen MR) is 92.0 cm³/mol. The SMILES string of the molecule is CCCCOc1ccc(CCC(=O)NCCC(C)C)cc1N. The van der Waals surface area contributed by atoms with Gasteiger partial charge in [-0.1, -0.05) is 33.3 Å². The van der Waals surface area contributed by atoms with Crippen molar-refractivity contribution in [2.45, 2.75) is 52.9 Å². The third-order valence-corrected chi connectivity index (χ3v) is 3.51. The Hall–Kier alpha value is -1.71. The lowest BCUT2D eigenvalue weighted by atomic mass is 10.1. The molecular weight excluding hydrogens is 276 g/mol. The number of nitrogens with one attached hydrogen (secondary N) is 1. The van der Waals surface area contributed by atoms with Crippen LogP contribution in [0.15, 0.2) is 18.2 Å². The molecule has 0 atom stereocenters. The highest BCUT2D eigenvalue weighted by molar-refractivity contribution is 5.76. The third kappa shape index (κ3) is 7.34. The van der Waals surface area contributed by atoms with Crippen molar-refractivity contribution in [3.63, 3.8) is 0 Å². The second-order valence-corrected chi connectivity index (χ2v) is 6.11. The van der Waals surface area contributed by atoms with Crippen molar-refractivity contribution in [1.82, 2.24) is 5.32 Å². The molecule has 22 heavy (non-hydrogen) atoms. The molecule has 0 saturated carbocycles. The van der Waals surface area contributed by atoms with Gasteiger partial charge in [0.1, 0.15) is 5.75 Å². The van der Waals surface area contributed by atoms with Gasteiger partial charge in [0.25, 0.3) is 0 Å². The van der Waals surface area contributed by atoms with Crippen LogP contribution >= 0.6 is 0 Å². The first-order valence-electron chi connectivity index (χ1n) is 8.30. The Morgan fingerprint density at radius 3 is 2.77 bits per heavy atom. The van der Waals surface area contributed by atoms with Crippen molar-refractivity contribution in [1.29, 1.82) is 0 Å². The number of rotatable bonds is 10. The van der Waals surface area contributed by atoms with Crippen molar-refractivity contribution in [3.05, 3.63) is 23.8 Å². The maximum atomic E-state index is 11.8. The van der Waals surface area contributed by atoms with Gasteiger partial charge in [-0.15, -0.1) is 0 Å². The van der Waals surface area contributed by atoms with E-state index in [0.29, 0.717) is 31.1 Å². The molecule has 3 N–H and O–H groups in total. The number of carbonyl (C=O) groups is 1. The monoisotopic (exact) mass is 306 g/mol. The fourth-order valence-corrected chi connectivity index (χ4v) is 2.06. The number of unbranched alkanes of at least 4 members (excludes halogenated alkanes) is 1. The second-order valence-electron chi connectivity index (χ2n) is 6.11. The first-order valence-corrected chi connectivity index (χ1v) is 8.30. The number of hydrogen-bond acceptors (Lipinski definition) is 3. The van der Waals surface area contributed by atoms with Gasteiger partial charge in [-0.25, -0.2) is 0 Å². The molecule has 1 rings (SSSR count). The van der Waals surface area contributed by atoms with Crippen LogP contribution in [-0.4, -0.2) is 19.1 Å². The zero-order valence-corrected chi connectivity index (χ0v) is 14.2. The molecule has 124 valence electrons. The molecule has 0 unspecified atom stereocenters. The number of carbonyl (C=O) groups excluding carboxylic acids is 1. The van der Waals surface area contributed by atoms with Gasteiger partial charge in [0.2, 0.25) is 5.91 Å². The minimum atomic E-state index is 0.0995. The van der Waals surface area contributed by atoms with E-state index in [1.807, 2.05) is 18.2 Å². The maximum Gasteiger partial charge on any atom is 0.220 e. The highest BCUT2D eigenvalue weighted by Gasteiger charge is 2.05. The Kier molecular flexibility index (Phi) is 8.41. The summed E-state index contributed by atoms with van der Waals surface area (Å²) in [5, 5.41) is 2.95. The van der Waals surface area contributed by atoms with Crippen molar-refractivity contribution in [3.8, 4) is 5.75 Å². The Balaban J connectivity index is 2.37. The zero-order valence-electron chi connectivity index (χ0n) is 14.2. The summed E-state index contributed by atoms with van der Waals surface area (Å²) < 4.78 is 5.63. The summed E-state index contributed by atoms with van der Waals surface area (Å²) in [4.78, 5) is 11.8. The number of hydrogen-bond donors (Lipinski definition) is 2. The average molecular weight is 306 g/mol. The molecular formula is C18H30N2O2. The lowest BCUT2D eigenvalue weighted by Crippen LogP contribution is -2.25. The van der Waals surface area contributed by atoms with Crippen LogP contribution in [0.1, 0.15) is 52.0 Å². The molecule has 0 aliphatic heterocycles. The second kappa shape index (κ2) is 10.1. The molecule has 0 radical (unpaired) electrons. The molecule has 1 aromatic carbocycles. The summed E-state index contributed by atoms with van der Waals surface area (Å²) in [5.41, 5.74) is 7.71. The Morgan fingerprint density at radius 1 is 1.36 bits per heavy atom. The van der Waals surface area contributed by atoms with Gasteiger partial charge in [-0.05, 0) is 42.9 Å². The van der Waals surface area contributed by atoms with Crippen LogP contribution in [0.3, 0.4) is 0 Å². The third-order valence-electron chi connectivity index (χ3n) is 3.51. The Morgan fingerprint density at radius 2 is 2.14 bits per heavy atom. The smallest absolute Gasteiger partial charge is 0.220 e. The summed E-state index contributed by atoms with van der Waals surface area (Å²) in [7, 11) is 0. The van der Waals surface area contributed by atoms with Gasteiger partial charge >= 0.3 is 0 Å². The van der Waals surface area contributed by atoms with E-state index in [9.17, 15) is 4.79 Å². The van der Waals surface area contributed by atoms with E-state index >= 15 is 0 Å². The number of ether oxygens (including phenoxy) is 1. The van der Waals surface area contributed by atoms with E-state index in [1.165, 1.54) is 0 Å². The van der Waals surface area contributed by atoms with Gasteiger partial charge < -0.3 is 15.8 Å². The molecule has 0 aromatic heterocycles. The van der Waals surface area contributed by atoms with E-state index < -0.39 is 0 Å². The molecule has 0 saturated heterocycles. The summed E-state index contributed by atoms with van der Waals surface area (Å²) >= 11 is 0. The minimum absolute atomic E-state index is 0.0995. The minimum Gasteiger partial charge on any atom is -0.491 e. The van der Waals surface area contributed by atoms with Crippen LogP contribution in [0.4, 0.5) is 5.69 Å². The maximum absolute atomic E-state index is 11.8. The van der Waals surface area contributed by atoms with E-state index in [4.69, 9.17) is 10.5 Å². The normalized spacial score (nSPS) is 10.7. The lowest BCUT2D eigenvalue weighted by Gasteiger charge is -2.10. The van der Waals surface area contributed by atoms with Crippen molar-refractivity contribution in [2.24, 2.45) is 5.92 Å². The molecule has 4 nitrogen and oxygen atoms in total. The van der Waals surface area contributed by atoms with E-state index in [1.54, 1.807) is 0 Å². The molecule has 1 aromatic rings. The van der Waals surface area contributed by atoms with E-state index in [-0.39, 0.29) is 5.91 Å². The molecule has 0 spiro atoms. The highest BCUT2D eigenvalue weighted by atomic mass is 16.5. The van der Waals surface area contributed by atoms with Crippen LogP contribution < -0.4 is 15.8 Å². The van der Waals surface area contributed by atoms with Gasteiger partial charge in [-0.3, -0.25) is 4.79 Å². The van der Waals surface area contributed by atoms with Crippen LogP contribution in [0.5, 0.6) is 5.75 Å². The Bertz CT molecular complexity index is 458. The van der Waals surface area contributed by atoms with E-state index in [0.717, 1.165) is 37.1 Å². The van der Waals surface area contributed by atoms with Crippen molar-refractivity contribution >= 4 is 11.6 Å². The molecule has 0 bridgehead atoms. The number of nitrogen functional groups attached to an aromatic ring is 1. The largest absolute Gasteiger partial charge is 0.491 e. The molecule has 4 heteroatoms. The average Bonchev–Trinajstić information content (AvgIpc) is 2.47. The summed E-state index contributed by atoms with van der Waals surface area (Å²) in [6.07, 6.45) is 4.34. The molecule has 0 aliphatic rings. The van der Waals surface area contributed by atoms with Crippen LogP contribution in [0.2, 0.25) is 0 Å². The number of aryl methyl sites for hydroxylation is 1. The van der Waals surface area contributed by atoms with Gasteiger partial charge in [0, 0.05) is 13.0 Å². The molecule has 0 heterocycles. The zero-order chi connectivity index (χ0) is 16.4. The van der Waals surface area contributed by atoms with Crippen molar-refractivity contribution in [2.75, 3.05) is 18.9 Å². The van der Waals surface area contributed by atoms with Crippen molar-refractivity contribution < 1.29 is 9.53 Å².